The summed E-state index contributed by atoms with van der Waals surface area (Å²) < 4.78 is 5.59. The number of rotatable bonds is 6. The quantitative estimate of drug-likeness (QED) is 0.467. The molecule has 1 heterocycles. The maximum atomic E-state index is 10.8. The Balaban J connectivity index is 1.75. The van der Waals surface area contributed by atoms with E-state index in [1.54, 1.807) is 5.48 Å². The fourth-order valence-corrected chi connectivity index (χ4v) is 1.82. The molecule has 0 spiro atoms. The van der Waals surface area contributed by atoms with Gasteiger partial charge in [-0.05, 0) is 25.0 Å². The van der Waals surface area contributed by atoms with Crippen LogP contribution in [0.15, 0.2) is 28.7 Å². The molecule has 5 heteroatoms. The number of amides is 1. The molecule has 1 amide bonds. The maximum absolute atomic E-state index is 10.8. The van der Waals surface area contributed by atoms with Crippen molar-refractivity contribution in [2.24, 2.45) is 0 Å². The first kappa shape index (κ1) is 12.6. The monoisotopic (exact) mass is 248 g/mol. The fraction of sp³-hybridized carbons (Fsp3) is 0.385. The van der Waals surface area contributed by atoms with E-state index < -0.39 is 0 Å². The zero-order valence-electron chi connectivity index (χ0n) is 10.1. The van der Waals surface area contributed by atoms with Crippen molar-refractivity contribution < 1.29 is 14.4 Å². The molecule has 2 rings (SSSR count). The number of aromatic nitrogens is 1. The minimum absolute atomic E-state index is 0.336. The van der Waals surface area contributed by atoms with Crippen molar-refractivity contribution in [1.29, 1.82) is 0 Å². The summed E-state index contributed by atoms with van der Waals surface area (Å²) >= 11 is 0. The van der Waals surface area contributed by atoms with Crippen molar-refractivity contribution in [3.63, 3.8) is 0 Å². The third kappa shape index (κ3) is 3.30. The molecule has 0 unspecified atom stereocenters. The second kappa shape index (κ2) is 6.16. The number of fused-ring (bicyclic) bond motifs is 1. The molecule has 0 saturated carbocycles. The van der Waals surface area contributed by atoms with Gasteiger partial charge < -0.3 is 4.42 Å². The highest BCUT2D eigenvalue weighted by molar-refractivity contribution is 5.74. The van der Waals surface area contributed by atoms with Crippen molar-refractivity contribution in [2.45, 2.75) is 32.1 Å². The Morgan fingerprint density at radius 1 is 1.28 bits per heavy atom. The van der Waals surface area contributed by atoms with Crippen LogP contribution in [0.2, 0.25) is 0 Å². The first-order chi connectivity index (χ1) is 8.79. The molecule has 1 aromatic heterocycles. The molecule has 2 aromatic rings. The van der Waals surface area contributed by atoms with Crippen LogP contribution in [-0.2, 0) is 11.2 Å². The van der Waals surface area contributed by atoms with E-state index in [2.05, 4.69) is 4.98 Å². The smallest absolute Gasteiger partial charge is 0.243 e. The number of nitrogens with one attached hydrogen (secondary N) is 1. The summed E-state index contributed by atoms with van der Waals surface area (Å²) in [4.78, 5) is 15.1. The Labute approximate surface area is 105 Å². The van der Waals surface area contributed by atoms with Gasteiger partial charge >= 0.3 is 0 Å². The fourth-order valence-electron chi connectivity index (χ4n) is 1.82. The first-order valence-corrected chi connectivity index (χ1v) is 6.07. The van der Waals surface area contributed by atoms with Crippen molar-refractivity contribution >= 4 is 17.0 Å². The van der Waals surface area contributed by atoms with E-state index in [9.17, 15) is 4.79 Å². The molecule has 0 aliphatic rings. The van der Waals surface area contributed by atoms with Gasteiger partial charge in [-0.1, -0.05) is 18.6 Å². The number of hydroxylamine groups is 1. The van der Waals surface area contributed by atoms with Crippen LogP contribution in [-0.4, -0.2) is 16.1 Å². The third-order valence-corrected chi connectivity index (χ3v) is 2.76. The molecule has 0 bridgehead atoms. The highest BCUT2D eigenvalue weighted by atomic mass is 16.5. The second-order valence-corrected chi connectivity index (χ2v) is 4.17. The summed E-state index contributed by atoms with van der Waals surface area (Å²) in [5, 5.41) is 8.33. The Hall–Kier alpha value is -1.88. The average Bonchev–Trinajstić information content (AvgIpc) is 2.80. The first-order valence-electron chi connectivity index (χ1n) is 6.07. The molecule has 0 saturated heterocycles. The summed E-state index contributed by atoms with van der Waals surface area (Å²) in [6.07, 6.45) is 3.71. The van der Waals surface area contributed by atoms with E-state index in [0.29, 0.717) is 6.42 Å². The number of oxazole rings is 1. The summed E-state index contributed by atoms with van der Waals surface area (Å²) in [6.45, 7) is 0. The van der Waals surface area contributed by atoms with Crippen molar-refractivity contribution in [1.82, 2.24) is 10.5 Å². The molecule has 1 aromatic carbocycles. The zero-order chi connectivity index (χ0) is 12.8. The predicted molar refractivity (Wildman–Crippen MR) is 66.1 cm³/mol. The Morgan fingerprint density at radius 2 is 2.11 bits per heavy atom. The molecule has 0 radical (unpaired) electrons. The van der Waals surface area contributed by atoms with Gasteiger partial charge in [0.2, 0.25) is 5.91 Å². The molecule has 0 atom stereocenters. The molecule has 18 heavy (non-hydrogen) atoms. The van der Waals surface area contributed by atoms with E-state index in [0.717, 1.165) is 42.7 Å². The van der Waals surface area contributed by atoms with Gasteiger partial charge in [-0.3, -0.25) is 10.0 Å². The molecule has 0 aliphatic heterocycles. The van der Waals surface area contributed by atoms with Crippen LogP contribution >= 0.6 is 0 Å². The summed E-state index contributed by atoms with van der Waals surface area (Å²) in [5.74, 6) is 0.402. The Bertz CT molecular complexity index is 489. The Morgan fingerprint density at radius 3 is 2.89 bits per heavy atom. The lowest BCUT2D eigenvalue weighted by atomic mass is 10.1. The van der Waals surface area contributed by atoms with E-state index >= 15 is 0 Å². The van der Waals surface area contributed by atoms with Crippen molar-refractivity contribution in [2.75, 3.05) is 0 Å². The number of carbonyl (C=O) groups is 1. The van der Waals surface area contributed by atoms with E-state index in [1.165, 1.54) is 0 Å². The maximum Gasteiger partial charge on any atom is 0.243 e. The molecule has 5 nitrogen and oxygen atoms in total. The standard InChI is InChI=1S/C13H16N2O3/c16-12(15-17)8-2-1-3-9-13-14-10-6-4-5-7-11(10)18-13/h4-7,17H,1-3,8-9H2,(H,15,16). The number of aryl methyl sites for hydroxylation is 1. The lowest BCUT2D eigenvalue weighted by Crippen LogP contribution is -2.17. The summed E-state index contributed by atoms with van der Waals surface area (Å²) in [7, 11) is 0. The van der Waals surface area contributed by atoms with Gasteiger partial charge in [0.05, 0.1) is 0 Å². The van der Waals surface area contributed by atoms with Crippen LogP contribution in [0.3, 0.4) is 0 Å². The molecular formula is C13H16N2O3. The van der Waals surface area contributed by atoms with Crippen LogP contribution in [0.1, 0.15) is 31.6 Å². The van der Waals surface area contributed by atoms with E-state index in [-0.39, 0.29) is 5.91 Å². The number of hydrogen-bond acceptors (Lipinski definition) is 4. The van der Waals surface area contributed by atoms with Gasteiger partial charge in [-0.25, -0.2) is 10.5 Å². The molecular weight excluding hydrogens is 232 g/mol. The number of unbranched alkanes of at least 4 members (excludes halogenated alkanes) is 2. The minimum Gasteiger partial charge on any atom is -0.441 e. The summed E-state index contributed by atoms with van der Waals surface area (Å²) in [5.41, 5.74) is 3.32. The highest BCUT2D eigenvalue weighted by Gasteiger charge is 2.04. The van der Waals surface area contributed by atoms with Gasteiger partial charge in [0.15, 0.2) is 11.5 Å². The lowest BCUT2D eigenvalue weighted by molar-refractivity contribution is -0.129. The number of hydrogen-bond donors (Lipinski definition) is 2. The van der Waals surface area contributed by atoms with Gasteiger partial charge in [-0.15, -0.1) is 0 Å². The van der Waals surface area contributed by atoms with Gasteiger partial charge in [0.25, 0.3) is 0 Å². The molecule has 96 valence electrons. The number of para-hydroxylation sites is 2. The zero-order valence-corrected chi connectivity index (χ0v) is 10.1. The molecule has 2 N–H and O–H groups in total. The van der Waals surface area contributed by atoms with Crippen LogP contribution in [0.25, 0.3) is 11.1 Å². The van der Waals surface area contributed by atoms with Crippen LogP contribution in [0.5, 0.6) is 0 Å². The van der Waals surface area contributed by atoms with Crippen molar-refractivity contribution in [3.05, 3.63) is 30.2 Å². The molecule has 0 fully saturated rings. The SMILES string of the molecule is O=C(CCCCCc1nc2ccccc2o1)NO. The summed E-state index contributed by atoms with van der Waals surface area (Å²) in [6, 6.07) is 7.68. The number of benzene rings is 1. The highest BCUT2D eigenvalue weighted by Crippen LogP contribution is 2.16. The van der Waals surface area contributed by atoms with Crippen molar-refractivity contribution in [3.8, 4) is 0 Å². The Kier molecular flexibility index (Phi) is 4.30. The van der Waals surface area contributed by atoms with Gasteiger partial charge in [0, 0.05) is 12.8 Å². The predicted octanol–water partition coefficient (Wildman–Crippen LogP) is 2.44. The van der Waals surface area contributed by atoms with Crippen LogP contribution in [0.4, 0.5) is 0 Å². The normalized spacial score (nSPS) is 10.7. The van der Waals surface area contributed by atoms with E-state index in [1.807, 2.05) is 24.3 Å². The van der Waals surface area contributed by atoms with Crippen LogP contribution in [0, 0.1) is 0 Å². The second-order valence-electron chi connectivity index (χ2n) is 4.17. The van der Waals surface area contributed by atoms with Crippen LogP contribution < -0.4 is 5.48 Å². The van der Waals surface area contributed by atoms with Gasteiger partial charge in [0.1, 0.15) is 5.52 Å². The topological polar surface area (TPSA) is 75.4 Å². The largest absolute Gasteiger partial charge is 0.441 e. The molecule has 0 aliphatic carbocycles. The lowest BCUT2D eigenvalue weighted by Gasteiger charge is -1.98. The van der Waals surface area contributed by atoms with E-state index in [4.69, 9.17) is 9.62 Å². The number of nitrogens with zero attached hydrogens (tertiary/aromatic N) is 1. The van der Waals surface area contributed by atoms with Gasteiger partial charge in [-0.2, -0.15) is 0 Å². The number of carbonyl (C=O) groups excluding carboxylic acids is 1. The minimum atomic E-state index is -0.336. The average molecular weight is 248 g/mol. The third-order valence-electron chi connectivity index (χ3n) is 2.76.